The molecule has 5 nitrogen and oxygen atoms in total. The summed E-state index contributed by atoms with van der Waals surface area (Å²) in [5.41, 5.74) is 3.14. The van der Waals surface area contributed by atoms with Gasteiger partial charge in [-0.3, -0.25) is 4.79 Å². The molecule has 5 heteroatoms. The van der Waals surface area contributed by atoms with Gasteiger partial charge < -0.3 is 4.52 Å². The highest BCUT2D eigenvalue weighted by atomic mass is 16.5. The summed E-state index contributed by atoms with van der Waals surface area (Å²) in [4.78, 5) is 20.1. The predicted molar refractivity (Wildman–Crippen MR) is 92.1 cm³/mol. The Morgan fingerprint density at radius 1 is 1.12 bits per heavy atom. The van der Waals surface area contributed by atoms with Crippen molar-refractivity contribution in [3.8, 4) is 11.5 Å². The summed E-state index contributed by atoms with van der Waals surface area (Å²) in [6.07, 6.45) is 4.91. The molecule has 0 N–H and O–H groups in total. The summed E-state index contributed by atoms with van der Waals surface area (Å²) >= 11 is 0. The molecule has 1 atom stereocenters. The smallest absolute Gasteiger partial charge is 0.260 e. The average molecular weight is 317 g/mol. The zero-order valence-electron chi connectivity index (χ0n) is 13.4. The molecule has 1 aromatic heterocycles. The van der Waals surface area contributed by atoms with Crippen LogP contribution in [0.2, 0.25) is 0 Å². The Balaban J connectivity index is 1.84. The van der Waals surface area contributed by atoms with Gasteiger partial charge in [0.2, 0.25) is 0 Å². The lowest BCUT2D eigenvalue weighted by Crippen LogP contribution is -2.12. The molecular formula is C19H15N3O2. The number of hydrogen-bond acceptors (Lipinski definition) is 4. The number of fused-ring (bicyclic) bond motifs is 1. The molecule has 0 saturated carbocycles. The Morgan fingerprint density at radius 2 is 2.00 bits per heavy atom. The first-order valence-corrected chi connectivity index (χ1v) is 7.72. The van der Waals surface area contributed by atoms with Crippen molar-refractivity contribution in [2.24, 2.45) is 4.99 Å². The van der Waals surface area contributed by atoms with Crippen molar-refractivity contribution in [2.45, 2.75) is 19.8 Å². The van der Waals surface area contributed by atoms with Crippen molar-refractivity contribution in [3.05, 3.63) is 59.4 Å². The third kappa shape index (κ3) is 2.34. The van der Waals surface area contributed by atoms with Crippen LogP contribution in [0.15, 0.2) is 52.0 Å². The number of allylic oxidation sites excluding steroid dienone is 1. The van der Waals surface area contributed by atoms with E-state index < -0.39 is 5.92 Å². The molecule has 1 amide bonds. The summed E-state index contributed by atoms with van der Waals surface area (Å²) in [6.45, 7) is 4.07. The number of rotatable bonds is 2. The molecule has 4 rings (SSSR count). The van der Waals surface area contributed by atoms with Crippen LogP contribution in [0.3, 0.4) is 0 Å². The minimum absolute atomic E-state index is 0.282. The maximum Gasteiger partial charge on any atom is 0.260 e. The van der Waals surface area contributed by atoms with Crippen molar-refractivity contribution in [1.82, 2.24) is 10.1 Å². The van der Waals surface area contributed by atoms with Crippen molar-refractivity contribution >= 4 is 22.9 Å². The van der Waals surface area contributed by atoms with Crippen LogP contribution in [-0.4, -0.2) is 22.3 Å². The summed E-state index contributed by atoms with van der Waals surface area (Å²) in [6, 6.07) is 10.4. The minimum atomic E-state index is -0.579. The monoisotopic (exact) mass is 317 g/mol. The van der Waals surface area contributed by atoms with Gasteiger partial charge in [0.25, 0.3) is 11.8 Å². The Hall–Kier alpha value is -3.08. The fourth-order valence-corrected chi connectivity index (χ4v) is 2.94. The summed E-state index contributed by atoms with van der Waals surface area (Å²) < 4.78 is 5.47. The van der Waals surface area contributed by atoms with Gasteiger partial charge in [-0.05, 0) is 36.3 Å². The number of aromatic nitrogens is 2. The van der Waals surface area contributed by atoms with Gasteiger partial charge in [-0.1, -0.05) is 47.1 Å². The standard InChI is InChI=1S/C19H15N3O2/c1-11-5-8-14-13(10-11)7-6-12(2)16(14)19-21-17(22-24-19)15-4-3-9-20-18(15)23/h3-10,15H,1-2H3. The Morgan fingerprint density at radius 3 is 2.83 bits per heavy atom. The van der Waals surface area contributed by atoms with E-state index in [9.17, 15) is 4.79 Å². The lowest BCUT2D eigenvalue weighted by atomic mass is 9.98. The van der Waals surface area contributed by atoms with Gasteiger partial charge >= 0.3 is 0 Å². The first kappa shape index (κ1) is 14.5. The van der Waals surface area contributed by atoms with Crippen molar-refractivity contribution < 1.29 is 9.32 Å². The molecule has 2 aromatic carbocycles. The molecular weight excluding hydrogens is 302 g/mol. The predicted octanol–water partition coefficient (Wildman–Crippen LogP) is 3.76. The second kappa shape index (κ2) is 5.53. The fraction of sp³-hybridized carbons (Fsp3) is 0.158. The molecule has 118 valence electrons. The van der Waals surface area contributed by atoms with Gasteiger partial charge in [-0.25, -0.2) is 4.99 Å². The third-order valence-corrected chi connectivity index (χ3v) is 4.17. The quantitative estimate of drug-likeness (QED) is 0.721. The minimum Gasteiger partial charge on any atom is -0.334 e. The molecule has 0 saturated heterocycles. The fourth-order valence-electron chi connectivity index (χ4n) is 2.94. The van der Waals surface area contributed by atoms with Crippen LogP contribution < -0.4 is 0 Å². The van der Waals surface area contributed by atoms with Crippen LogP contribution in [0.4, 0.5) is 0 Å². The van der Waals surface area contributed by atoms with Crippen molar-refractivity contribution in [1.29, 1.82) is 0 Å². The van der Waals surface area contributed by atoms with E-state index in [4.69, 9.17) is 4.52 Å². The lowest BCUT2D eigenvalue weighted by molar-refractivity contribution is -0.118. The van der Waals surface area contributed by atoms with E-state index >= 15 is 0 Å². The normalized spacial score (nSPS) is 16.9. The van der Waals surface area contributed by atoms with Gasteiger partial charge in [0.15, 0.2) is 5.82 Å². The molecule has 0 fully saturated rings. The number of amides is 1. The number of aliphatic imine (C=N–C) groups is 1. The second-order valence-corrected chi connectivity index (χ2v) is 5.92. The number of dihydropyridines is 1. The largest absolute Gasteiger partial charge is 0.334 e. The highest BCUT2D eigenvalue weighted by molar-refractivity contribution is 5.98. The zero-order chi connectivity index (χ0) is 16.7. The van der Waals surface area contributed by atoms with E-state index in [1.165, 1.54) is 11.8 Å². The van der Waals surface area contributed by atoms with Gasteiger partial charge in [0.05, 0.1) is 5.56 Å². The summed E-state index contributed by atoms with van der Waals surface area (Å²) in [7, 11) is 0. The number of carbonyl (C=O) groups is 1. The molecule has 1 aliphatic rings. The van der Waals surface area contributed by atoms with E-state index in [0.717, 1.165) is 21.9 Å². The molecule has 1 aliphatic heterocycles. The zero-order valence-corrected chi connectivity index (χ0v) is 13.4. The number of carbonyl (C=O) groups excluding carboxylic acids is 1. The summed E-state index contributed by atoms with van der Waals surface area (Å²) in [5.74, 6) is -0.0977. The van der Waals surface area contributed by atoms with Gasteiger partial charge in [-0.2, -0.15) is 4.98 Å². The SMILES string of the molecule is Cc1ccc2c(-c3nc(C4C=CC=NC4=O)no3)c(C)ccc2c1. The molecule has 3 aromatic rings. The second-order valence-electron chi connectivity index (χ2n) is 5.92. The number of nitrogens with zero attached hydrogens (tertiary/aromatic N) is 3. The van der Waals surface area contributed by atoms with E-state index in [1.807, 2.05) is 13.0 Å². The lowest BCUT2D eigenvalue weighted by Gasteiger charge is -2.07. The maximum atomic E-state index is 11.9. The average Bonchev–Trinajstić information content (AvgIpc) is 3.04. The number of hydrogen-bond donors (Lipinski definition) is 0. The first-order chi connectivity index (χ1) is 11.6. The van der Waals surface area contributed by atoms with Crippen LogP contribution in [0.5, 0.6) is 0 Å². The number of aryl methyl sites for hydroxylation is 2. The van der Waals surface area contributed by atoms with Crippen molar-refractivity contribution in [2.75, 3.05) is 0 Å². The van der Waals surface area contributed by atoms with Crippen LogP contribution in [-0.2, 0) is 4.79 Å². The van der Waals surface area contributed by atoms with Crippen LogP contribution in [0, 0.1) is 13.8 Å². The molecule has 0 bridgehead atoms. The first-order valence-electron chi connectivity index (χ1n) is 7.72. The topological polar surface area (TPSA) is 68.3 Å². The van der Waals surface area contributed by atoms with E-state index in [2.05, 4.69) is 46.3 Å². The third-order valence-electron chi connectivity index (χ3n) is 4.17. The van der Waals surface area contributed by atoms with Crippen LogP contribution >= 0.6 is 0 Å². The number of benzene rings is 2. The van der Waals surface area contributed by atoms with E-state index in [0.29, 0.717) is 11.7 Å². The van der Waals surface area contributed by atoms with Gasteiger partial charge in [0.1, 0.15) is 5.92 Å². The molecule has 0 radical (unpaired) electrons. The van der Waals surface area contributed by atoms with Gasteiger partial charge in [-0.15, -0.1) is 0 Å². The van der Waals surface area contributed by atoms with E-state index in [1.54, 1.807) is 12.2 Å². The Kier molecular flexibility index (Phi) is 3.34. The highest BCUT2D eigenvalue weighted by Crippen LogP contribution is 2.32. The van der Waals surface area contributed by atoms with Gasteiger partial charge in [0, 0.05) is 6.21 Å². The molecule has 0 aliphatic carbocycles. The molecule has 0 spiro atoms. The molecule has 2 heterocycles. The maximum absolute atomic E-state index is 11.9. The Bertz CT molecular complexity index is 1010. The highest BCUT2D eigenvalue weighted by Gasteiger charge is 2.25. The van der Waals surface area contributed by atoms with Crippen molar-refractivity contribution in [3.63, 3.8) is 0 Å². The molecule has 24 heavy (non-hydrogen) atoms. The summed E-state index contributed by atoms with van der Waals surface area (Å²) in [5, 5.41) is 6.17. The van der Waals surface area contributed by atoms with E-state index in [-0.39, 0.29) is 5.91 Å². The van der Waals surface area contributed by atoms with Crippen LogP contribution in [0.25, 0.3) is 22.2 Å². The van der Waals surface area contributed by atoms with Crippen LogP contribution in [0.1, 0.15) is 22.9 Å². The Labute approximate surface area is 138 Å². The molecule has 1 unspecified atom stereocenters.